The number of benzene rings is 3. The van der Waals surface area contributed by atoms with Gasteiger partial charge in [-0.1, -0.05) is 129 Å². The van der Waals surface area contributed by atoms with Gasteiger partial charge in [0.25, 0.3) is 0 Å². The molecule has 3 aliphatic heterocycles. The fourth-order valence-corrected chi connectivity index (χ4v) is 29.2. The van der Waals surface area contributed by atoms with Gasteiger partial charge in [-0.2, -0.15) is 10.5 Å². The number of ether oxygens (including phenoxy) is 7. The van der Waals surface area contributed by atoms with E-state index < -0.39 is 5.92 Å². The first-order chi connectivity index (χ1) is 55.4. The second-order valence-electron chi connectivity index (χ2n) is 39.2. The zero-order valence-electron chi connectivity index (χ0n) is 74.7. The maximum absolute atomic E-state index is 13.2. The summed E-state index contributed by atoms with van der Waals surface area (Å²) >= 11 is 0. The molecule has 9 saturated carbocycles. The van der Waals surface area contributed by atoms with E-state index in [-0.39, 0.29) is 99.2 Å². The Morgan fingerprint density at radius 3 is 1.02 bits per heavy atom. The lowest BCUT2D eigenvalue weighted by atomic mass is 9.47. The van der Waals surface area contributed by atoms with Crippen LogP contribution < -0.4 is 14.2 Å². The van der Waals surface area contributed by atoms with Crippen LogP contribution in [0.4, 0.5) is 0 Å². The zero-order valence-corrected chi connectivity index (χ0v) is 77.2. The van der Waals surface area contributed by atoms with E-state index in [9.17, 15) is 24.0 Å². The highest BCUT2D eigenvalue weighted by atomic mass is 32.2. The molecule has 12 fully saturated rings. The molecule has 8 bridgehead atoms. The lowest BCUT2D eigenvalue weighted by Crippen LogP contribution is -2.48. The van der Waals surface area contributed by atoms with Crippen molar-refractivity contribution in [2.45, 2.75) is 281 Å². The smallest absolute Gasteiger partial charge is 0.316 e. The van der Waals surface area contributed by atoms with E-state index in [2.05, 4.69) is 109 Å². The molecule has 6 unspecified atom stereocenters. The van der Waals surface area contributed by atoms with Crippen molar-refractivity contribution < 1.29 is 57.1 Å². The number of ketones is 4. The van der Waals surface area contributed by atoms with Gasteiger partial charge in [-0.3, -0.25) is 24.0 Å². The molecule has 3 heterocycles. The fraction of sp³-hybridized carbons (Fsp3) is 0.747. The summed E-state index contributed by atoms with van der Waals surface area (Å²) in [5.74, 6) is 15.3. The summed E-state index contributed by atoms with van der Waals surface area (Å²) < 4.78 is 39.1. The first kappa shape index (κ1) is 96.6. The van der Waals surface area contributed by atoms with Crippen LogP contribution in [-0.2, 0) is 61.2 Å². The number of carbonyl (C=O) groups is 5. The van der Waals surface area contributed by atoms with E-state index >= 15 is 0 Å². The van der Waals surface area contributed by atoms with E-state index in [1.54, 1.807) is 13.8 Å². The van der Waals surface area contributed by atoms with E-state index in [1.807, 2.05) is 72.8 Å². The minimum absolute atomic E-state index is 0.0134. The van der Waals surface area contributed by atoms with Crippen LogP contribution in [0.3, 0.4) is 0 Å². The van der Waals surface area contributed by atoms with Gasteiger partial charge >= 0.3 is 5.97 Å². The number of rotatable bonds is 28. The number of hydrogen-bond donors (Lipinski definition) is 0. The highest BCUT2D eigenvalue weighted by Crippen LogP contribution is 2.63. The van der Waals surface area contributed by atoms with Gasteiger partial charge in [0.1, 0.15) is 63.5 Å². The van der Waals surface area contributed by atoms with Crippen LogP contribution in [0.2, 0.25) is 0 Å². The Bertz CT molecular complexity index is 3240. The molecule has 116 heavy (non-hydrogen) atoms. The number of nitrogens with zero attached hydrogens (tertiary/aromatic N) is 2. The molecule has 3 aromatic rings. The Morgan fingerprint density at radius 1 is 0.448 bits per heavy atom. The minimum Gasteiger partial charge on any atom is -0.494 e. The second-order valence-corrected chi connectivity index (χ2v) is 46.3. The lowest BCUT2D eigenvalue weighted by Gasteiger charge is -2.58. The average Bonchev–Trinajstić information content (AvgIpc) is 0.747. The van der Waals surface area contributed by atoms with E-state index in [4.69, 9.17) is 43.7 Å². The van der Waals surface area contributed by atoms with Crippen molar-refractivity contribution in [3.05, 3.63) is 89.5 Å². The number of nitriles is 2. The number of esters is 1. The van der Waals surface area contributed by atoms with Crippen molar-refractivity contribution in [1.82, 2.24) is 0 Å². The van der Waals surface area contributed by atoms with Crippen LogP contribution >= 0.6 is 0 Å². The SMILES string of the molecule is CC(C#N)C12CC3CC(CC(C3)C1)C2.CC(C#N)C1CCCCC1.CCC(=O)C(C)C(=O)OCC12CC3CC(CC(C3)C1)C2.CCCCOc1ccc(C(=O)C([S+]2CCOCC2)C(C)(C)C)cc1.CCCCOc1ccc(C(=O)C([S+]2CCOCC2)C(C)(C)C)cc1.CCCCOc1ccc(C(=O)C([S+]2CCOCC2)C(C)(C)C)cc1. The third-order valence-electron chi connectivity index (χ3n) is 26.4. The van der Waals surface area contributed by atoms with Gasteiger partial charge < -0.3 is 33.2 Å². The number of Topliss-reactive ketones (excluding diaryl/α,β-unsaturated/α-hetero) is 4. The Kier molecular flexibility index (Phi) is 39.1. The molecule has 0 amide bonds. The van der Waals surface area contributed by atoms with Gasteiger partial charge in [0.2, 0.25) is 17.3 Å². The molecule has 646 valence electrons. The summed E-state index contributed by atoms with van der Waals surface area (Å²) in [7, 11) is 0.301. The molecule has 3 saturated heterocycles. The predicted octanol–water partition coefficient (Wildman–Crippen LogP) is 21.8. The lowest BCUT2D eigenvalue weighted by molar-refractivity contribution is -0.161. The van der Waals surface area contributed by atoms with Crippen molar-refractivity contribution in [2.75, 3.05) is 101 Å². The van der Waals surface area contributed by atoms with Crippen LogP contribution in [0.25, 0.3) is 0 Å². The van der Waals surface area contributed by atoms with Gasteiger partial charge in [0.05, 0.1) is 78.2 Å². The monoisotopic (exact) mass is 1660 g/mol. The third kappa shape index (κ3) is 28.9. The normalized spacial score (nSPS) is 25.9. The first-order valence-electron chi connectivity index (χ1n) is 45.4. The minimum atomic E-state index is -0.589. The van der Waals surface area contributed by atoms with Crippen molar-refractivity contribution in [3.63, 3.8) is 0 Å². The summed E-state index contributed by atoms with van der Waals surface area (Å²) in [6.07, 6.45) is 30.1. The van der Waals surface area contributed by atoms with Crippen LogP contribution in [0.1, 0.15) is 296 Å². The molecular formula is C99H153N2O12S3+3. The summed E-state index contributed by atoms with van der Waals surface area (Å²) in [4.78, 5) is 63.1. The van der Waals surface area contributed by atoms with Crippen LogP contribution in [0.15, 0.2) is 72.8 Å². The van der Waals surface area contributed by atoms with Crippen molar-refractivity contribution in [3.8, 4) is 29.4 Å². The quantitative estimate of drug-likeness (QED) is 0.0219. The molecule has 0 N–H and O–H groups in total. The number of unbranched alkanes of at least 4 members (excludes halogenated alkanes) is 3. The Labute approximate surface area is 711 Å². The van der Waals surface area contributed by atoms with Gasteiger partial charge in [-0.15, -0.1) is 0 Å². The largest absolute Gasteiger partial charge is 0.494 e. The number of hydrogen-bond acceptors (Lipinski definition) is 14. The first-order valence-corrected chi connectivity index (χ1v) is 50.3. The molecule has 0 aromatic heterocycles. The fourth-order valence-electron chi connectivity index (χ4n) is 20.9. The van der Waals surface area contributed by atoms with Gasteiger partial charge in [0.15, 0.2) is 15.7 Å². The van der Waals surface area contributed by atoms with Crippen molar-refractivity contribution in [1.29, 1.82) is 10.5 Å². The van der Waals surface area contributed by atoms with Crippen molar-refractivity contribution in [2.24, 2.45) is 86.3 Å². The number of carbonyl (C=O) groups excluding carboxylic acids is 5. The molecule has 6 atom stereocenters. The summed E-state index contributed by atoms with van der Waals surface area (Å²) in [5, 5.41) is 18.0. The predicted molar refractivity (Wildman–Crippen MR) is 480 cm³/mol. The second kappa shape index (κ2) is 46.9. The molecule has 12 aliphatic rings. The molecule has 17 heteroatoms. The highest BCUT2D eigenvalue weighted by Gasteiger charge is 2.55. The highest BCUT2D eigenvalue weighted by molar-refractivity contribution is 7.98. The van der Waals surface area contributed by atoms with E-state index in [0.29, 0.717) is 36.2 Å². The molecule has 15 rings (SSSR count). The third-order valence-corrected chi connectivity index (χ3v) is 35.3. The van der Waals surface area contributed by atoms with Gasteiger partial charge in [-0.25, -0.2) is 0 Å². The maximum atomic E-state index is 13.2. The average molecular weight is 1660 g/mol. The van der Waals surface area contributed by atoms with Crippen molar-refractivity contribution >= 4 is 61.8 Å². The molecule has 0 radical (unpaired) electrons. The molecule has 14 nitrogen and oxygen atoms in total. The molecule has 3 aromatic carbocycles. The van der Waals surface area contributed by atoms with Crippen LogP contribution in [0.5, 0.6) is 17.2 Å². The molecule has 9 aliphatic carbocycles. The van der Waals surface area contributed by atoms with Gasteiger partial charge in [-0.05, 0) is 250 Å². The standard InChI is InChI=1S/3C20H31O3S.C17H26O3.C13H19N.C9H15N/c3*1-5-6-11-23-17-9-7-16(8-10-17)18(21)19(20(2,3)4)24-14-12-22-13-15-24;1-3-15(18)11(2)16(19)20-10-17-7-12-4-13(8-17)6-14(5-12)9-17;1-9(8-14)13-5-10-2-11(6-13)4-12(3-10)7-13;1-8(7-10)9-5-3-2-4-6-9/h3*7-10,19H,5-6,11-15H2,1-4H3;11-14H,3-10H2,1-2H3;9-12H,2-7H2,1H3;8-9H,2-6H2,1H3/q3*+1;;;. The summed E-state index contributed by atoms with van der Waals surface area (Å²) in [6, 6.07) is 28.0. The summed E-state index contributed by atoms with van der Waals surface area (Å²) in [5.41, 5.74) is 3.00. The maximum Gasteiger partial charge on any atom is 0.316 e. The van der Waals surface area contributed by atoms with Crippen LogP contribution in [-0.4, -0.2) is 145 Å². The molecule has 0 spiro atoms. The topological polar surface area (TPSA) is 198 Å². The van der Waals surface area contributed by atoms with Crippen LogP contribution in [0, 0.1) is 109 Å². The van der Waals surface area contributed by atoms with E-state index in [0.717, 1.165) is 202 Å². The van der Waals surface area contributed by atoms with Gasteiger partial charge in [0, 0.05) is 89.3 Å². The Hall–Kier alpha value is -4.88. The molecular weight excluding hydrogens is 1510 g/mol. The Morgan fingerprint density at radius 2 is 0.750 bits per heavy atom. The Balaban J connectivity index is 0.000000177. The van der Waals surface area contributed by atoms with E-state index in [1.165, 1.54) is 109 Å². The zero-order chi connectivity index (χ0) is 84.2. The summed E-state index contributed by atoms with van der Waals surface area (Å²) in [6.45, 7) is 41.2.